The maximum absolute atomic E-state index is 13.8. The topological polar surface area (TPSA) is 312 Å². The van der Waals surface area contributed by atoms with E-state index >= 15 is 0 Å². The lowest BCUT2D eigenvalue weighted by Gasteiger charge is -2.47. The van der Waals surface area contributed by atoms with Gasteiger partial charge >= 0.3 is 23.9 Å². The van der Waals surface area contributed by atoms with Gasteiger partial charge in [0.25, 0.3) is 0 Å². The molecule has 1 fully saturated rings. The summed E-state index contributed by atoms with van der Waals surface area (Å²) in [5.41, 5.74) is 0.782. The molecule has 0 saturated carbocycles. The second-order valence-electron chi connectivity index (χ2n) is 22.0. The fourth-order valence-electron chi connectivity index (χ4n) is 9.85. The SMILES string of the molecule is CC(=O)N[C@H]1CN(CCCCC(=O)NCCCNC(=O)CCOCCCCCC(=O)NCCCNC(=O)CCOCCNC(=O)CCCCCCCCCCC(=O)O)[C@H](COC(=O)c2ccccc2)[C@H](OC(=O)c2ccccc2)[C@@H]1OC(=O)c1ccccc1. The first kappa shape index (κ1) is 73.7. The molecule has 3 aromatic carbocycles. The van der Waals surface area contributed by atoms with Crippen LogP contribution in [0.5, 0.6) is 0 Å². The summed E-state index contributed by atoms with van der Waals surface area (Å²) in [4.78, 5) is 128. The van der Waals surface area contributed by atoms with E-state index in [1.54, 1.807) is 91.0 Å². The monoisotopic (exact) mass is 1240 g/mol. The lowest BCUT2D eigenvalue weighted by atomic mass is 9.91. The number of amides is 6. The molecule has 23 nitrogen and oxygen atoms in total. The Bertz CT molecular complexity index is 2580. The average molecular weight is 1240 g/mol. The van der Waals surface area contributed by atoms with Crippen molar-refractivity contribution in [2.75, 3.05) is 78.8 Å². The highest BCUT2D eigenvalue weighted by molar-refractivity contribution is 5.91. The summed E-state index contributed by atoms with van der Waals surface area (Å²) in [6.07, 6.45) is 11.3. The first-order valence-electron chi connectivity index (χ1n) is 31.7. The number of nitrogens with zero attached hydrogens (tertiary/aromatic N) is 1. The number of hydrogen-bond donors (Lipinski definition) is 7. The number of ether oxygens (including phenoxy) is 5. The molecular weight excluding hydrogens is 1150 g/mol. The van der Waals surface area contributed by atoms with Gasteiger partial charge in [-0.05, 0) is 94.3 Å². The van der Waals surface area contributed by atoms with Crippen LogP contribution in [0.1, 0.15) is 173 Å². The number of aliphatic carboxylic acids is 1. The lowest BCUT2D eigenvalue weighted by molar-refractivity contribution is -0.137. The third-order valence-electron chi connectivity index (χ3n) is 14.6. The van der Waals surface area contributed by atoms with E-state index in [9.17, 15) is 47.9 Å². The van der Waals surface area contributed by atoms with Crippen molar-refractivity contribution in [1.29, 1.82) is 0 Å². The molecule has 89 heavy (non-hydrogen) atoms. The van der Waals surface area contributed by atoms with E-state index < -0.39 is 54.1 Å². The number of carbonyl (C=O) groups excluding carboxylic acids is 9. The molecule has 0 radical (unpaired) electrons. The molecule has 1 aliphatic rings. The van der Waals surface area contributed by atoms with Crippen LogP contribution < -0.4 is 31.9 Å². The molecule has 1 aliphatic heterocycles. The summed E-state index contributed by atoms with van der Waals surface area (Å²) < 4.78 is 29.3. The Hall–Kier alpha value is -7.76. The van der Waals surface area contributed by atoms with Gasteiger partial charge in [0.1, 0.15) is 6.61 Å². The smallest absolute Gasteiger partial charge is 0.338 e. The number of nitrogens with one attached hydrogen (secondary N) is 6. The number of benzene rings is 3. The van der Waals surface area contributed by atoms with Crippen LogP contribution in [0.15, 0.2) is 91.0 Å². The van der Waals surface area contributed by atoms with E-state index in [1.165, 1.54) is 6.92 Å². The Labute approximate surface area is 523 Å². The van der Waals surface area contributed by atoms with Crippen LogP contribution in [-0.2, 0) is 57.2 Å². The lowest BCUT2D eigenvalue weighted by Crippen LogP contribution is -2.68. The normalized spacial score (nSPS) is 15.4. The van der Waals surface area contributed by atoms with E-state index in [-0.39, 0.29) is 92.7 Å². The summed E-state index contributed by atoms with van der Waals surface area (Å²) in [6.45, 7) is 4.75. The van der Waals surface area contributed by atoms with Crippen LogP contribution in [0.25, 0.3) is 0 Å². The average Bonchev–Trinajstić information content (AvgIpc) is 0.911. The zero-order valence-corrected chi connectivity index (χ0v) is 51.8. The minimum absolute atomic E-state index is 0.0139. The maximum atomic E-state index is 13.8. The number of rotatable bonds is 47. The van der Waals surface area contributed by atoms with Gasteiger partial charge in [0.05, 0.1) is 48.6 Å². The van der Waals surface area contributed by atoms with Gasteiger partial charge in [0.15, 0.2) is 12.2 Å². The molecule has 7 N–H and O–H groups in total. The van der Waals surface area contributed by atoms with E-state index in [4.69, 9.17) is 28.8 Å². The molecule has 0 aliphatic carbocycles. The standard InChI is InChI=1S/C66H95N7O16/c1-50(74)72-54-48-73(55(49-87-64(82)51-26-12-8-13-27-51)63(89-66(84)53-30-16-10-17-31-53)62(54)88-65(83)52-28-14-9-15-29-52)43-22-21-34-57(76)68-39-25-40-69-59(78)36-45-85-44-23-11-19-33-56(75)67-38-24-41-70-60(79)37-46-86-47-42-71-58(77)32-18-6-4-2-3-5-7-20-35-61(80)81/h8-10,12-17,26-31,54-55,62-63H,2-7,11,18-25,32-49H2,1H3,(H,67,75)(H,68,76)(H,69,78)(H,70,79)(H,71,77)(H,72,74)(H,80,81)/t54-,55+,62+,63-/m0/s1. The number of hydrogen-bond acceptors (Lipinski definition) is 16. The Morgan fingerprint density at radius 2 is 0.820 bits per heavy atom. The minimum Gasteiger partial charge on any atom is -0.481 e. The van der Waals surface area contributed by atoms with Crippen molar-refractivity contribution in [1.82, 2.24) is 36.8 Å². The quantitative estimate of drug-likeness (QED) is 0.0183. The van der Waals surface area contributed by atoms with Crippen molar-refractivity contribution in [2.24, 2.45) is 0 Å². The van der Waals surface area contributed by atoms with E-state index in [0.717, 1.165) is 64.2 Å². The first-order chi connectivity index (χ1) is 43.2. The van der Waals surface area contributed by atoms with Crippen LogP contribution in [0.4, 0.5) is 0 Å². The molecule has 4 rings (SSSR count). The summed E-state index contributed by atoms with van der Waals surface area (Å²) in [7, 11) is 0. The number of likely N-dealkylation sites (tertiary alicyclic amines) is 1. The zero-order chi connectivity index (χ0) is 64.1. The highest BCUT2D eigenvalue weighted by Crippen LogP contribution is 2.28. The van der Waals surface area contributed by atoms with Gasteiger partial charge < -0.3 is 60.7 Å². The Morgan fingerprint density at radius 1 is 0.427 bits per heavy atom. The van der Waals surface area contributed by atoms with Crippen molar-refractivity contribution in [3.8, 4) is 0 Å². The van der Waals surface area contributed by atoms with Crippen LogP contribution >= 0.6 is 0 Å². The third-order valence-corrected chi connectivity index (χ3v) is 14.6. The highest BCUT2D eigenvalue weighted by Gasteiger charge is 2.49. The molecule has 23 heteroatoms. The number of carbonyl (C=O) groups is 10. The molecule has 0 unspecified atom stereocenters. The maximum Gasteiger partial charge on any atom is 0.338 e. The zero-order valence-electron chi connectivity index (χ0n) is 51.8. The predicted molar refractivity (Wildman–Crippen MR) is 332 cm³/mol. The summed E-state index contributed by atoms with van der Waals surface area (Å²) in [6, 6.07) is 23.2. The molecule has 1 heterocycles. The molecule has 3 aromatic rings. The van der Waals surface area contributed by atoms with Gasteiger partial charge in [0, 0.05) is 91.3 Å². The molecule has 0 aromatic heterocycles. The molecule has 4 atom stereocenters. The number of carboxylic acid groups (broad SMARTS) is 1. The number of carboxylic acids is 1. The third kappa shape index (κ3) is 33.4. The van der Waals surface area contributed by atoms with Crippen molar-refractivity contribution >= 4 is 59.3 Å². The minimum atomic E-state index is -1.24. The van der Waals surface area contributed by atoms with E-state index in [2.05, 4.69) is 31.9 Å². The summed E-state index contributed by atoms with van der Waals surface area (Å²) in [5, 5.41) is 25.8. The van der Waals surface area contributed by atoms with Crippen molar-refractivity contribution in [2.45, 2.75) is 166 Å². The van der Waals surface area contributed by atoms with Crippen molar-refractivity contribution in [3.63, 3.8) is 0 Å². The van der Waals surface area contributed by atoms with Gasteiger partial charge in [-0.3, -0.25) is 38.5 Å². The first-order valence-corrected chi connectivity index (χ1v) is 31.7. The molecule has 1 saturated heterocycles. The number of esters is 3. The Balaban J connectivity index is 1.02. The van der Waals surface area contributed by atoms with E-state index in [0.29, 0.717) is 103 Å². The fourth-order valence-corrected chi connectivity index (χ4v) is 9.85. The fraction of sp³-hybridized carbons (Fsp3) is 0.576. The van der Waals surface area contributed by atoms with Gasteiger partial charge in [-0.15, -0.1) is 0 Å². The predicted octanol–water partition coefficient (Wildman–Crippen LogP) is 6.37. The summed E-state index contributed by atoms with van der Waals surface area (Å²) in [5.74, 6) is -3.76. The van der Waals surface area contributed by atoms with Crippen LogP contribution in [-0.4, -0.2) is 172 Å². The molecule has 0 spiro atoms. The van der Waals surface area contributed by atoms with E-state index in [1.807, 2.05) is 4.90 Å². The number of piperidine rings is 1. The molecule has 6 amide bonds. The number of unbranched alkanes of at least 4 members (excludes halogenated alkanes) is 10. The van der Waals surface area contributed by atoms with Gasteiger partial charge in [0.2, 0.25) is 35.4 Å². The van der Waals surface area contributed by atoms with Gasteiger partial charge in [-0.1, -0.05) is 99.5 Å². The van der Waals surface area contributed by atoms with Crippen molar-refractivity contribution < 1.29 is 76.7 Å². The van der Waals surface area contributed by atoms with Crippen LogP contribution in [0, 0.1) is 0 Å². The second kappa shape index (κ2) is 45.5. The van der Waals surface area contributed by atoms with Gasteiger partial charge in [-0.25, -0.2) is 14.4 Å². The Morgan fingerprint density at radius 3 is 1.29 bits per heavy atom. The molecular formula is C66H95N7O16. The van der Waals surface area contributed by atoms with Gasteiger partial charge in [-0.2, -0.15) is 0 Å². The molecule has 0 bridgehead atoms. The second-order valence-corrected chi connectivity index (χ2v) is 22.0. The highest BCUT2D eigenvalue weighted by atomic mass is 16.6. The summed E-state index contributed by atoms with van der Waals surface area (Å²) >= 11 is 0. The van der Waals surface area contributed by atoms with Crippen LogP contribution in [0.2, 0.25) is 0 Å². The van der Waals surface area contributed by atoms with Crippen LogP contribution in [0.3, 0.4) is 0 Å². The van der Waals surface area contributed by atoms with Crippen molar-refractivity contribution in [3.05, 3.63) is 108 Å². The molecule has 490 valence electrons. The largest absolute Gasteiger partial charge is 0.481 e. The Kier molecular flexibility index (Phi) is 37.7.